The average molecular weight is 255 g/mol. The van der Waals surface area contributed by atoms with Gasteiger partial charge in [-0.05, 0) is 25.7 Å². The minimum absolute atomic E-state index is 0.0205. The van der Waals surface area contributed by atoms with E-state index in [0.717, 1.165) is 19.3 Å². The van der Waals surface area contributed by atoms with E-state index in [0.29, 0.717) is 32.6 Å². The molecule has 0 aromatic heterocycles. The highest BCUT2D eigenvalue weighted by molar-refractivity contribution is 5.76. The van der Waals surface area contributed by atoms with Crippen LogP contribution in [-0.4, -0.2) is 59.1 Å². The van der Waals surface area contributed by atoms with Crippen LogP contribution in [0.15, 0.2) is 0 Å². The Morgan fingerprint density at radius 3 is 2.33 bits per heavy atom. The Balaban J connectivity index is 1.90. The molecule has 2 aliphatic rings. The number of likely N-dealkylation sites (tertiary alicyclic amines) is 2. The van der Waals surface area contributed by atoms with Crippen LogP contribution in [0.4, 0.5) is 4.79 Å². The highest BCUT2D eigenvalue weighted by Crippen LogP contribution is 2.19. The molecule has 6 heteroatoms. The molecule has 2 fully saturated rings. The van der Waals surface area contributed by atoms with Crippen molar-refractivity contribution in [2.24, 2.45) is 11.7 Å². The van der Waals surface area contributed by atoms with Gasteiger partial charge in [0.2, 0.25) is 0 Å². The van der Waals surface area contributed by atoms with Gasteiger partial charge in [0.25, 0.3) is 0 Å². The van der Waals surface area contributed by atoms with Crippen LogP contribution in [0, 0.1) is 5.92 Å². The topological polar surface area (TPSA) is 86.9 Å². The zero-order valence-electron chi connectivity index (χ0n) is 10.5. The van der Waals surface area contributed by atoms with Gasteiger partial charge < -0.3 is 20.6 Å². The summed E-state index contributed by atoms with van der Waals surface area (Å²) in [6.07, 6.45) is 3.12. The first-order chi connectivity index (χ1) is 8.58. The molecule has 6 nitrogen and oxygen atoms in total. The van der Waals surface area contributed by atoms with E-state index in [1.807, 2.05) is 0 Å². The number of hydrogen-bond acceptors (Lipinski definition) is 3. The maximum atomic E-state index is 12.2. The summed E-state index contributed by atoms with van der Waals surface area (Å²) in [7, 11) is 0. The van der Waals surface area contributed by atoms with Crippen molar-refractivity contribution in [3.05, 3.63) is 0 Å². The molecule has 3 N–H and O–H groups in total. The van der Waals surface area contributed by atoms with Crippen molar-refractivity contribution in [3.63, 3.8) is 0 Å². The fraction of sp³-hybridized carbons (Fsp3) is 0.833. The van der Waals surface area contributed by atoms with Crippen molar-refractivity contribution in [2.75, 3.05) is 26.2 Å². The first-order valence-corrected chi connectivity index (χ1v) is 6.60. The predicted octanol–water partition coefficient (Wildman–Crippen LogP) is 0.326. The van der Waals surface area contributed by atoms with E-state index >= 15 is 0 Å². The summed E-state index contributed by atoms with van der Waals surface area (Å²) in [6.45, 7) is 2.39. The monoisotopic (exact) mass is 255 g/mol. The molecule has 0 aromatic rings. The van der Waals surface area contributed by atoms with Gasteiger partial charge in [0.05, 0.1) is 5.92 Å². The molecule has 2 amide bonds. The lowest BCUT2D eigenvalue weighted by Crippen LogP contribution is -2.52. The summed E-state index contributed by atoms with van der Waals surface area (Å²) in [6, 6.07) is 0.176. The Labute approximate surface area is 107 Å². The zero-order chi connectivity index (χ0) is 13.1. The minimum Gasteiger partial charge on any atom is -0.481 e. The van der Waals surface area contributed by atoms with E-state index in [1.165, 1.54) is 0 Å². The van der Waals surface area contributed by atoms with Crippen LogP contribution in [0.1, 0.15) is 25.7 Å². The molecule has 0 radical (unpaired) electrons. The lowest BCUT2D eigenvalue weighted by molar-refractivity contribution is -0.143. The summed E-state index contributed by atoms with van der Waals surface area (Å²) in [4.78, 5) is 26.7. The molecule has 0 unspecified atom stereocenters. The summed E-state index contributed by atoms with van der Waals surface area (Å²) in [5.41, 5.74) is 5.81. The smallest absolute Gasteiger partial charge is 0.320 e. The predicted molar refractivity (Wildman–Crippen MR) is 66.1 cm³/mol. The van der Waals surface area contributed by atoms with Crippen LogP contribution in [0.3, 0.4) is 0 Å². The number of amides is 2. The number of nitrogens with two attached hydrogens (primary N) is 1. The van der Waals surface area contributed by atoms with Gasteiger partial charge in [0, 0.05) is 32.2 Å². The largest absolute Gasteiger partial charge is 0.481 e. The Hall–Kier alpha value is -1.30. The van der Waals surface area contributed by atoms with Crippen LogP contribution >= 0.6 is 0 Å². The molecule has 2 aliphatic heterocycles. The number of rotatable bonds is 1. The Morgan fingerprint density at radius 2 is 1.72 bits per heavy atom. The van der Waals surface area contributed by atoms with E-state index in [9.17, 15) is 9.59 Å². The number of urea groups is 1. The number of carboxylic acids is 1. The Morgan fingerprint density at radius 1 is 1.06 bits per heavy atom. The lowest BCUT2D eigenvalue weighted by Gasteiger charge is -2.37. The molecule has 0 aliphatic carbocycles. The molecule has 2 saturated heterocycles. The Bertz CT molecular complexity index is 327. The highest BCUT2D eigenvalue weighted by Gasteiger charge is 2.31. The van der Waals surface area contributed by atoms with Crippen molar-refractivity contribution in [1.29, 1.82) is 0 Å². The number of carboxylic acid groups (broad SMARTS) is 1. The first-order valence-electron chi connectivity index (χ1n) is 6.60. The molecule has 102 valence electrons. The van der Waals surface area contributed by atoms with Crippen LogP contribution < -0.4 is 5.73 Å². The van der Waals surface area contributed by atoms with Crippen molar-refractivity contribution in [3.8, 4) is 0 Å². The molecule has 2 heterocycles. The quantitative estimate of drug-likeness (QED) is 0.706. The van der Waals surface area contributed by atoms with Crippen LogP contribution in [0.5, 0.6) is 0 Å². The second kappa shape index (κ2) is 5.56. The second-order valence-corrected chi connectivity index (χ2v) is 5.23. The van der Waals surface area contributed by atoms with Gasteiger partial charge in [-0.1, -0.05) is 0 Å². The molecule has 1 atom stereocenters. The van der Waals surface area contributed by atoms with Gasteiger partial charge in [-0.15, -0.1) is 0 Å². The third-order valence-electron chi connectivity index (χ3n) is 3.85. The van der Waals surface area contributed by atoms with Crippen LogP contribution in [0.25, 0.3) is 0 Å². The summed E-state index contributed by atoms with van der Waals surface area (Å²) < 4.78 is 0. The average Bonchev–Trinajstić information content (AvgIpc) is 2.39. The third kappa shape index (κ3) is 2.93. The number of hydrogen-bond donors (Lipinski definition) is 2. The van der Waals surface area contributed by atoms with Gasteiger partial charge in [0.1, 0.15) is 0 Å². The maximum Gasteiger partial charge on any atom is 0.320 e. The number of aliphatic carboxylic acids is 1. The van der Waals surface area contributed by atoms with Crippen molar-refractivity contribution >= 4 is 12.0 Å². The molecule has 2 rings (SSSR count). The number of piperidine rings is 2. The van der Waals surface area contributed by atoms with Crippen molar-refractivity contribution < 1.29 is 14.7 Å². The van der Waals surface area contributed by atoms with E-state index in [-0.39, 0.29) is 12.1 Å². The molecular weight excluding hydrogens is 234 g/mol. The normalized spacial score (nSPS) is 26.2. The van der Waals surface area contributed by atoms with Gasteiger partial charge in [-0.2, -0.15) is 0 Å². The molecule has 0 bridgehead atoms. The Kier molecular flexibility index (Phi) is 4.06. The lowest BCUT2D eigenvalue weighted by atomic mass is 9.98. The van der Waals surface area contributed by atoms with E-state index in [4.69, 9.17) is 10.8 Å². The standard InChI is InChI=1S/C12H21N3O3/c13-10-3-6-14(7-4-10)12(18)15-5-1-2-9(8-15)11(16)17/h9-10H,1-8,13H2,(H,16,17)/t9-/m1/s1. The third-order valence-corrected chi connectivity index (χ3v) is 3.85. The maximum absolute atomic E-state index is 12.2. The molecule has 0 spiro atoms. The molecule has 18 heavy (non-hydrogen) atoms. The fourth-order valence-corrected chi connectivity index (χ4v) is 2.64. The molecule has 0 aromatic carbocycles. The van der Waals surface area contributed by atoms with E-state index in [2.05, 4.69) is 0 Å². The fourth-order valence-electron chi connectivity index (χ4n) is 2.64. The van der Waals surface area contributed by atoms with Gasteiger partial charge >= 0.3 is 12.0 Å². The minimum atomic E-state index is -0.798. The highest BCUT2D eigenvalue weighted by atomic mass is 16.4. The summed E-state index contributed by atoms with van der Waals surface area (Å²) >= 11 is 0. The number of carbonyl (C=O) groups is 2. The second-order valence-electron chi connectivity index (χ2n) is 5.23. The summed E-state index contributed by atoms with van der Waals surface area (Å²) in [5, 5.41) is 9.01. The van der Waals surface area contributed by atoms with E-state index in [1.54, 1.807) is 9.80 Å². The van der Waals surface area contributed by atoms with Gasteiger partial charge in [-0.3, -0.25) is 4.79 Å². The van der Waals surface area contributed by atoms with Crippen molar-refractivity contribution in [1.82, 2.24) is 9.80 Å². The van der Waals surface area contributed by atoms with E-state index < -0.39 is 11.9 Å². The van der Waals surface area contributed by atoms with Gasteiger partial charge in [0.15, 0.2) is 0 Å². The van der Waals surface area contributed by atoms with Crippen LogP contribution in [-0.2, 0) is 4.79 Å². The SMILES string of the molecule is NC1CCN(C(=O)N2CCC[C@@H](C(=O)O)C2)CC1. The summed E-state index contributed by atoms with van der Waals surface area (Å²) in [5.74, 6) is -1.21. The first kappa shape index (κ1) is 13.1. The number of carbonyl (C=O) groups excluding carboxylic acids is 1. The van der Waals surface area contributed by atoms with Gasteiger partial charge in [-0.25, -0.2) is 4.79 Å². The number of nitrogens with zero attached hydrogens (tertiary/aromatic N) is 2. The van der Waals surface area contributed by atoms with Crippen molar-refractivity contribution in [2.45, 2.75) is 31.7 Å². The molecule has 0 saturated carbocycles. The molecular formula is C12H21N3O3. The zero-order valence-corrected chi connectivity index (χ0v) is 10.5. The van der Waals surface area contributed by atoms with Crippen LogP contribution in [0.2, 0.25) is 0 Å².